The lowest BCUT2D eigenvalue weighted by atomic mass is 10.0. The molecule has 0 atom stereocenters. The van der Waals surface area contributed by atoms with Crippen molar-refractivity contribution in [3.8, 4) is 27.9 Å². The molecule has 2 heterocycles. The molecule has 0 bridgehead atoms. The summed E-state index contributed by atoms with van der Waals surface area (Å²) in [5, 5.41) is 7.19. The summed E-state index contributed by atoms with van der Waals surface area (Å²) < 4.78 is 9.11. The third-order valence-electron chi connectivity index (χ3n) is 11.0. The highest BCUT2D eigenvalue weighted by atomic mass is 16.3. The first-order valence-corrected chi connectivity index (χ1v) is 18.8. The summed E-state index contributed by atoms with van der Waals surface area (Å²) in [5.41, 5.74) is 13.1. The third kappa shape index (κ3) is 5.13. The van der Waals surface area contributed by atoms with Gasteiger partial charge in [-0.1, -0.05) is 146 Å². The highest BCUT2D eigenvalue weighted by Gasteiger charge is 2.21. The van der Waals surface area contributed by atoms with Crippen LogP contribution in [0.2, 0.25) is 0 Å². The maximum atomic E-state index is 6.75. The Morgan fingerprint density at radius 1 is 0.364 bits per heavy atom. The van der Waals surface area contributed by atoms with E-state index in [9.17, 15) is 0 Å². The molecule has 11 aromatic rings. The Morgan fingerprint density at radius 2 is 0.873 bits per heavy atom. The molecule has 0 spiro atoms. The summed E-state index contributed by atoms with van der Waals surface area (Å²) in [7, 11) is 0. The number of aromatic nitrogens is 1. The van der Waals surface area contributed by atoms with E-state index >= 15 is 0 Å². The molecule has 11 rings (SSSR count). The van der Waals surface area contributed by atoms with E-state index in [1.165, 1.54) is 49.3 Å². The van der Waals surface area contributed by atoms with Gasteiger partial charge in [-0.2, -0.15) is 0 Å². The smallest absolute Gasteiger partial charge is 0.159 e. The first kappa shape index (κ1) is 31.2. The summed E-state index contributed by atoms with van der Waals surface area (Å²) in [6.07, 6.45) is 0. The van der Waals surface area contributed by atoms with Gasteiger partial charge in [0, 0.05) is 38.6 Å². The number of anilines is 3. The fraction of sp³-hybridized carbons (Fsp3) is 0. The van der Waals surface area contributed by atoms with Gasteiger partial charge in [0.05, 0.1) is 16.7 Å². The fourth-order valence-electron chi connectivity index (χ4n) is 8.40. The summed E-state index contributed by atoms with van der Waals surface area (Å²) in [6, 6.07) is 73.7. The van der Waals surface area contributed by atoms with Crippen LogP contribution in [-0.4, -0.2) is 4.57 Å². The average molecular weight is 703 g/mol. The quantitative estimate of drug-likeness (QED) is 0.172. The van der Waals surface area contributed by atoms with Gasteiger partial charge in [0.2, 0.25) is 0 Å². The summed E-state index contributed by atoms with van der Waals surface area (Å²) in [4.78, 5) is 2.32. The van der Waals surface area contributed by atoms with Crippen molar-refractivity contribution in [3.63, 3.8) is 0 Å². The predicted molar refractivity (Wildman–Crippen MR) is 231 cm³/mol. The second kappa shape index (κ2) is 12.6. The number of benzene rings is 9. The van der Waals surface area contributed by atoms with Crippen LogP contribution < -0.4 is 4.90 Å². The van der Waals surface area contributed by atoms with E-state index in [0.717, 1.165) is 50.3 Å². The topological polar surface area (TPSA) is 21.3 Å². The average Bonchev–Trinajstić information content (AvgIpc) is 3.82. The van der Waals surface area contributed by atoms with Crippen LogP contribution in [0.25, 0.3) is 82.5 Å². The number of furan rings is 1. The molecule has 55 heavy (non-hydrogen) atoms. The Labute approximate surface area is 318 Å². The van der Waals surface area contributed by atoms with Gasteiger partial charge < -0.3 is 13.9 Å². The van der Waals surface area contributed by atoms with Gasteiger partial charge in [-0.15, -0.1) is 0 Å². The molecule has 3 heteroatoms. The number of nitrogens with zero attached hydrogens (tertiary/aromatic N) is 2. The minimum absolute atomic E-state index is 0.866. The molecule has 0 unspecified atom stereocenters. The summed E-state index contributed by atoms with van der Waals surface area (Å²) in [5.74, 6) is 0. The largest absolute Gasteiger partial charge is 0.454 e. The van der Waals surface area contributed by atoms with Crippen molar-refractivity contribution in [2.45, 2.75) is 0 Å². The van der Waals surface area contributed by atoms with Crippen LogP contribution in [0.5, 0.6) is 0 Å². The van der Waals surface area contributed by atoms with E-state index in [1.54, 1.807) is 0 Å². The van der Waals surface area contributed by atoms with Crippen molar-refractivity contribution in [2.75, 3.05) is 4.90 Å². The van der Waals surface area contributed by atoms with Crippen LogP contribution in [0.1, 0.15) is 0 Å². The van der Waals surface area contributed by atoms with Gasteiger partial charge in [0.15, 0.2) is 5.58 Å². The lowest BCUT2D eigenvalue weighted by molar-refractivity contribution is 0.669. The van der Waals surface area contributed by atoms with Gasteiger partial charge in [-0.05, 0) is 93.7 Å². The Bertz CT molecular complexity index is 3120. The van der Waals surface area contributed by atoms with E-state index in [0.29, 0.717) is 0 Å². The molecule has 0 saturated heterocycles. The molecular weight excluding hydrogens is 669 g/mol. The maximum absolute atomic E-state index is 6.75. The highest BCUT2D eigenvalue weighted by Crippen LogP contribution is 2.44. The van der Waals surface area contributed by atoms with E-state index in [2.05, 4.69) is 216 Å². The van der Waals surface area contributed by atoms with Crippen LogP contribution in [0.15, 0.2) is 211 Å². The first-order valence-electron chi connectivity index (χ1n) is 18.8. The van der Waals surface area contributed by atoms with Crippen molar-refractivity contribution in [1.82, 2.24) is 4.57 Å². The van der Waals surface area contributed by atoms with Crippen LogP contribution >= 0.6 is 0 Å². The summed E-state index contributed by atoms with van der Waals surface area (Å²) in [6.45, 7) is 0. The molecule has 0 amide bonds. The van der Waals surface area contributed by atoms with Crippen LogP contribution in [-0.2, 0) is 0 Å². The molecule has 0 N–H and O–H groups in total. The molecule has 0 aliphatic rings. The zero-order valence-electron chi connectivity index (χ0n) is 29.9. The van der Waals surface area contributed by atoms with Crippen LogP contribution in [0.4, 0.5) is 17.1 Å². The fourth-order valence-corrected chi connectivity index (χ4v) is 8.40. The Kier molecular flexibility index (Phi) is 7.17. The molecule has 3 nitrogen and oxygen atoms in total. The first-order chi connectivity index (χ1) is 27.3. The molecular formula is C52H34N2O. The molecule has 2 aromatic heterocycles. The molecule has 0 radical (unpaired) electrons. The van der Waals surface area contributed by atoms with Gasteiger partial charge in [0.25, 0.3) is 0 Å². The van der Waals surface area contributed by atoms with Crippen LogP contribution in [0, 0.1) is 0 Å². The van der Waals surface area contributed by atoms with Gasteiger partial charge >= 0.3 is 0 Å². The van der Waals surface area contributed by atoms with E-state index in [4.69, 9.17) is 4.42 Å². The molecule has 0 saturated carbocycles. The molecule has 9 aromatic carbocycles. The standard InChI is InChI=1S/C52H34N2O/c1-2-11-35(12-3-1)36-21-28-40(29-22-36)53(49-20-10-17-46-51-43-14-5-4-13-39(43)27-34-50(51)55-52(46)49)41-30-23-37(24-31-41)38-25-32-42(33-26-38)54-47-18-8-6-15-44(47)45-16-7-9-19-48(45)54/h1-34H. The third-order valence-corrected chi connectivity index (χ3v) is 11.0. The Morgan fingerprint density at radius 3 is 1.51 bits per heavy atom. The lowest BCUT2D eigenvalue weighted by Crippen LogP contribution is -2.10. The maximum Gasteiger partial charge on any atom is 0.159 e. The van der Waals surface area contributed by atoms with E-state index in [-0.39, 0.29) is 0 Å². The normalized spacial score (nSPS) is 11.6. The second-order valence-corrected chi connectivity index (χ2v) is 14.1. The monoisotopic (exact) mass is 702 g/mol. The molecule has 0 aliphatic heterocycles. The number of rotatable bonds is 6. The molecule has 0 fully saturated rings. The van der Waals surface area contributed by atoms with Gasteiger partial charge in [-0.25, -0.2) is 0 Å². The van der Waals surface area contributed by atoms with E-state index < -0.39 is 0 Å². The minimum atomic E-state index is 0.866. The lowest BCUT2D eigenvalue weighted by Gasteiger charge is -2.26. The zero-order chi connectivity index (χ0) is 36.3. The predicted octanol–water partition coefficient (Wildman–Crippen LogP) is 14.6. The van der Waals surface area contributed by atoms with Gasteiger partial charge in [0.1, 0.15) is 5.58 Å². The number of hydrogen-bond donors (Lipinski definition) is 0. The number of para-hydroxylation sites is 3. The molecule has 0 aliphatic carbocycles. The van der Waals surface area contributed by atoms with Crippen molar-refractivity contribution in [2.24, 2.45) is 0 Å². The Balaban J connectivity index is 1.01. The minimum Gasteiger partial charge on any atom is -0.454 e. The van der Waals surface area contributed by atoms with Crippen molar-refractivity contribution >= 4 is 71.6 Å². The number of hydrogen-bond acceptors (Lipinski definition) is 2. The zero-order valence-corrected chi connectivity index (χ0v) is 29.9. The van der Waals surface area contributed by atoms with E-state index in [1.807, 2.05) is 0 Å². The highest BCUT2D eigenvalue weighted by molar-refractivity contribution is 6.21. The number of fused-ring (bicyclic) bond motifs is 8. The SMILES string of the molecule is c1ccc(-c2ccc(N(c3ccc(-c4ccc(-n5c6ccccc6c6ccccc65)cc4)cc3)c3cccc4c3oc3ccc5ccccc5c34)cc2)cc1. The Hall–Kier alpha value is -7.36. The van der Waals surface area contributed by atoms with Crippen molar-refractivity contribution < 1.29 is 4.42 Å². The van der Waals surface area contributed by atoms with Gasteiger partial charge in [-0.3, -0.25) is 0 Å². The van der Waals surface area contributed by atoms with Crippen molar-refractivity contribution in [1.29, 1.82) is 0 Å². The van der Waals surface area contributed by atoms with Crippen molar-refractivity contribution in [3.05, 3.63) is 206 Å². The second-order valence-electron chi connectivity index (χ2n) is 14.1. The summed E-state index contributed by atoms with van der Waals surface area (Å²) >= 11 is 0. The van der Waals surface area contributed by atoms with Crippen LogP contribution in [0.3, 0.4) is 0 Å². The molecule has 258 valence electrons.